The van der Waals surface area contributed by atoms with Crippen LogP contribution in [-0.2, 0) is 13.5 Å². The number of benzene rings is 1. The SMILES string of the molecule is Cc1ccc(Cl)cc1C(O)Cc1cn(C)nn1. The first-order chi connectivity index (χ1) is 8.06. The van der Waals surface area contributed by atoms with Gasteiger partial charge >= 0.3 is 0 Å². The highest BCUT2D eigenvalue weighted by molar-refractivity contribution is 6.30. The van der Waals surface area contributed by atoms with Crippen molar-refractivity contribution in [2.75, 3.05) is 0 Å². The molecule has 0 aliphatic heterocycles. The minimum atomic E-state index is -0.606. The second-order valence-electron chi connectivity index (χ2n) is 4.10. The minimum absolute atomic E-state index is 0.440. The summed E-state index contributed by atoms with van der Waals surface area (Å²) in [5.74, 6) is 0. The molecule has 1 unspecified atom stereocenters. The lowest BCUT2D eigenvalue weighted by molar-refractivity contribution is 0.176. The lowest BCUT2D eigenvalue weighted by Crippen LogP contribution is -2.04. The van der Waals surface area contributed by atoms with Gasteiger partial charge in [0.25, 0.3) is 0 Å². The van der Waals surface area contributed by atoms with E-state index in [1.807, 2.05) is 19.1 Å². The van der Waals surface area contributed by atoms with Crippen LogP contribution >= 0.6 is 11.6 Å². The van der Waals surface area contributed by atoms with Crippen molar-refractivity contribution in [3.05, 3.63) is 46.2 Å². The maximum atomic E-state index is 10.2. The molecule has 1 atom stereocenters. The summed E-state index contributed by atoms with van der Waals surface area (Å²) in [7, 11) is 1.80. The largest absolute Gasteiger partial charge is 0.388 e. The lowest BCUT2D eigenvalue weighted by Gasteiger charge is -2.12. The average molecular weight is 252 g/mol. The molecule has 1 N–H and O–H groups in total. The molecule has 17 heavy (non-hydrogen) atoms. The van der Waals surface area contributed by atoms with Crippen molar-refractivity contribution in [1.82, 2.24) is 15.0 Å². The second kappa shape index (κ2) is 4.85. The Labute approximate surface area is 105 Å². The Morgan fingerprint density at radius 3 is 2.88 bits per heavy atom. The highest BCUT2D eigenvalue weighted by Gasteiger charge is 2.13. The molecular formula is C12H14ClN3O. The van der Waals surface area contributed by atoms with Gasteiger partial charge in [-0.25, -0.2) is 0 Å². The van der Waals surface area contributed by atoms with Crippen LogP contribution in [0.4, 0.5) is 0 Å². The van der Waals surface area contributed by atoms with Gasteiger partial charge in [-0.3, -0.25) is 4.68 Å². The Bertz CT molecular complexity index is 524. The van der Waals surface area contributed by atoms with Crippen LogP contribution in [0.2, 0.25) is 5.02 Å². The van der Waals surface area contributed by atoms with E-state index in [-0.39, 0.29) is 0 Å². The summed E-state index contributed by atoms with van der Waals surface area (Å²) in [5.41, 5.74) is 2.62. The van der Waals surface area contributed by atoms with Gasteiger partial charge in [-0.05, 0) is 30.2 Å². The zero-order valence-electron chi connectivity index (χ0n) is 9.76. The third-order valence-electron chi connectivity index (χ3n) is 2.65. The van der Waals surface area contributed by atoms with Crippen LogP contribution < -0.4 is 0 Å². The first kappa shape index (κ1) is 12.1. The third-order valence-corrected chi connectivity index (χ3v) is 2.89. The molecule has 5 heteroatoms. The molecule has 4 nitrogen and oxygen atoms in total. The van der Waals surface area contributed by atoms with E-state index in [2.05, 4.69) is 10.3 Å². The van der Waals surface area contributed by atoms with E-state index < -0.39 is 6.10 Å². The molecule has 1 aromatic heterocycles. The van der Waals surface area contributed by atoms with Gasteiger partial charge in [-0.15, -0.1) is 5.10 Å². The predicted octanol–water partition coefficient (Wildman–Crippen LogP) is 2.05. The molecule has 0 spiro atoms. The van der Waals surface area contributed by atoms with Crippen LogP contribution in [0.25, 0.3) is 0 Å². The fourth-order valence-corrected chi connectivity index (χ4v) is 1.95. The number of rotatable bonds is 3. The zero-order valence-corrected chi connectivity index (χ0v) is 10.5. The number of hydrogen-bond donors (Lipinski definition) is 1. The highest BCUT2D eigenvalue weighted by Crippen LogP contribution is 2.24. The normalized spacial score (nSPS) is 12.7. The molecule has 0 radical (unpaired) electrons. The van der Waals surface area contributed by atoms with Gasteiger partial charge in [0.05, 0.1) is 11.8 Å². The van der Waals surface area contributed by atoms with E-state index in [1.165, 1.54) is 0 Å². The summed E-state index contributed by atoms with van der Waals surface area (Å²) in [5, 5.41) is 18.6. The molecule has 1 heterocycles. The fraction of sp³-hybridized carbons (Fsp3) is 0.333. The molecule has 90 valence electrons. The van der Waals surface area contributed by atoms with Gasteiger partial charge in [0.1, 0.15) is 0 Å². The molecule has 2 aromatic rings. The van der Waals surface area contributed by atoms with Crippen LogP contribution in [0.3, 0.4) is 0 Å². The zero-order chi connectivity index (χ0) is 12.4. The topological polar surface area (TPSA) is 50.9 Å². The quantitative estimate of drug-likeness (QED) is 0.908. The number of aliphatic hydroxyl groups is 1. The Kier molecular flexibility index (Phi) is 3.45. The van der Waals surface area contributed by atoms with E-state index in [0.29, 0.717) is 11.4 Å². The van der Waals surface area contributed by atoms with Gasteiger partial charge in [0.15, 0.2) is 0 Å². The molecule has 0 aliphatic rings. The molecule has 1 aromatic carbocycles. The smallest absolute Gasteiger partial charge is 0.0856 e. The Balaban J connectivity index is 2.19. The first-order valence-corrected chi connectivity index (χ1v) is 5.73. The van der Waals surface area contributed by atoms with E-state index in [1.54, 1.807) is 24.0 Å². The van der Waals surface area contributed by atoms with Crippen molar-refractivity contribution in [2.24, 2.45) is 7.05 Å². The Morgan fingerprint density at radius 2 is 2.24 bits per heavy atom. The van der Waals surface area contributed by atoms with Crippen molar-refractivity contribution >= 4 is 11.6 Å². The number of nitrogens with zero attached hydrogens (tertiary/aromatic N) is 3. The standard InChI is InChI=1S/C12H14ClN3O/c1-8-3-4-9(13)5-11(8)12(17)6-10-7-16(2)15-14-10/h3-5,7,12,17H,6H2,1-2H3. The summed E-state index contributed by atoms with van der Waals surface area (Å²) < 4.78 is 1.62. The lowest BCUT2D eigenvalue weighted by atomic mass is 10.0. The van der Waals surface area contributed by atoms with Crippen LogP contribution in [-0.4, -0.2) is 20.1 Å². The summed E-state index contributed by atoms with van der Waals surface area (Å²) in [6, 6.07) is 5.50. The van der Waals surface area contributed by atoms with E-state index in [0.717, 1.165) is 16.8 Å². The minimum Gasteiger partial charge on any atom is -0.388 e. The van der Waals surface area contributed by atoms with E-state index >= 15 is 0 Å². The Hall–Kier alpha value is -1.39. The van der Waals surface area contributed by atoms with Gasteiger partial charge in [-0.1, -0.05) is 22.9 Å². The molecule has 0 aliphatic carbocycles. The predicted molar refractivity (Wildman–Crippen MR) is 65.9 cm³/mol. The highest BCUT2D eigenvalue weighted by atomic mass is 35.5. The van der Waals surface area contributed by atoms with E-state index in [9.17, 15) is 5.11 Å². The first-order valence-electron chi connectivity index (χ1n) is 5.35. The summed E-state index contributed by atoms with van der Waals surface area (Å²) >= 11 is 5.92. The van der Waals surface area contributed by atoms with Crippen LogP contribution in [0.1, 0.15) is 22.9 Å². The summed E-state index contributed by atoms with van der Waals surface area (Å²) in [4.78, 5) is 0. The van der Waals surface area contributed by atoms with Crippen molar-refractivity contribution in [1.29, 1.82) is 0 Å². The van der Waals surface area contributed by atoms with Crippen LogP contribution in [0.5, 0.6) is 0 Å². The van der Waals surface area contributed by atoms with Crippen molar-refractivity contribution in [3.63, 3.8) is 0 Å². The van der Waals surface area contributed by atoms with Gasteiger partial charge in [-0.2, -0.15) is 0 Å². The van der Waals surface area contributed by atoms with Crippen LogP contribution in [0, 0.1) is 6.92 Å². The van der Waals surface area contributed by atoms with E-state index in [4.69, 9.17) is 11.6 Å². The summed E-state index contributed by atoms with van der Waals surface area (Å²) in [6.07, 6.45) is 1.63. The van der Waals surface area contributed by atoms with Crippen LogP contribution in [0.15, 0.2) is 24.4 Å². The molecular weight excluding hydrogens is 238 g/mol. The van der Waals surface area contributed by atoms with Gasteiger partial charge < -0.3 is 5.11 Å². The number of aromatic nitrogens is 3. The van der Waals surface area contributed by atoms with Crippen molar-refractivity contribution in [2.45, 2.75) is 19.4 Å². The maximum absolute atomic E-state index is 10.2. The second-order valence-corrected chi connectivity index (χ2v) is 4.54. The monoisotopic (exact) mass is 251 g/mol. The number of aliphatic hydroxyl groups excluding tert-OH is 1. The Morgan fingerprint density at radius 1 is 1.47 bits per heavy atom. The fourth-order valence-electron chi connectivity index (χ4n) is 1.77. The molecule has 0 bridgehead atoms. The molecule has 0 amide bonds. The molecule has 0 saturated carbocycles. The van der Waals surface area contributed by atoms with Gasteiger partial charge in [0.2, 0.25) is 0 Å². The molecule has 2 rings (SSSR count). The molecule has 0 saturated heterocycles. The van der Waals surface area contributed by atoms with Crippen molar-refractivity contribution in [3.8, 4) is 0 Å². The summed E-state index contributed by atoms with van der Waals surface area (Å²) in [6.45, 7) is 1.95. The van der Waals surface area contributed by atoms with Gasteiger partial charge in [0, 0.05) is 24.7 Å². The third kappa shape index (κ3) is 2.84. The molecule has 0 fully saturated rings. The average Bonchev–Trinajstić information content (AvgIpc) is 2.67. The number of hydrogen-bond acceptors (Lipinski definition) is 3. The van der Waals surface area contributed by atoms with Crippen molar-refractivity contribution < 1.29 is 5.11 Å². The number of halogens is 1. The number of aryl methyl sites for hydroxylation is 2. The maximum Gasteiger partial charge on any atom is 0.0856 e.